The van der Waals surface area contributed by atoms with Crippen molar-refractivity contribution in [3.05, 3.63) is 70.9 Å². The van der Waals surface area contributed by atoms with Gasteiger partial charge in [0, 0.05) is 24.5 Å². The van der Waals surface area contributed by atoms with Crippen molar-refractivity contribution >= 4 is 22.6 Å². The highest BCUT2D eigenvalue weighted by molar-refractivity contribution is 6.07. The summed E-state index contributed by atoms with van der Waals surface area (Å²) in [6.07, 6.45) is 3.20. The van der Waals surface area contributed by atoms with E-state index in [1.54, 1.807) is 23.6 Å². The number of benzene rings is 2. The second-order valence-corrected chi connectivity index (χ2v) is 8.28. The normalized spacial score (nSPS) is 18.6. The van der Waals surface area contributed by atoms with Gasteiger partial charge in [0.05, 0.1) is 22.7 Å². The van der Waals surface area contributed by atoms with Crippen molar-refractivity contribution in [3.8, 4) is 0 Å². The summed E-state index contributed by atoms with van der Waals surface area (Å²) >= 11 is 0. The van der Waals surface area contributed by atoms with Gasteiger partial charge in [-0.3, -0.25) is 9.59 Å². The van der Waals surface area contributed by atoms with Gasteiger partial charge in [-0.1, -0.05) is 31.9 Å². The lowest BCUT2D eigenvalue weighted by Crippen LogP contribution is -2.43. The highest BCUT2D eigenvalue weighted by Gasteiger charge is 2.28. The fourth-order valence-electron chi connectivity index (χ4n) is 4.38. The van der Waals surface area contributed by atoms with Crippen molar-refractivity contribution in [2.45, 2.75) is 57.8 Å². The fraction of sp³-hybridized carbons (Fsp3) is 0.360. The Morgan fingerprint density at radius 2 is 1.84 bits per heavy atom. The molecule has 2 aromatic carbocycles. The number of fused-ring (bicyclic) bond motifs is 1. The van der Waals surface area contributed by atoms with E-state index in [0.29, 0.717) is 23.9 Å². The molecule has 0 aliphatic heterocycles. The van der Waals surface area contributed by atoms with Crippen LogP contribution in [0, 0.1) is 11.6 Å². The summed E-state index contributed by atoms with van der Waals surface area (Å²) in [7, 11) is 0. The highest BCUT2D eigenvalue weighted by atomic mass is 19.1. The first-order chi connectivity index (χ1) is 15.4. The average Bonchev–Trinajstić information content (AvgIpc) is 3.15. The Morgan fingerprint density at radius 1 is 1.06 bits per heavy atom. The van der Waals surface area contributed by atoms with Gasteiger partial charge in [-0.05, 0) is 42.7 Å². The molecular weight excluding hydrogens is 417 g/mol. The number of hydrogen-bond acceptors (Lipinski definition) is 2. The lowest BCUT2D eigenvalue weighted by molar-refractivity contribution is 0.0884. The van der Waals surface area contributed by atoms with E-state index < -0.39 is 29.8 Å². The molecule has 168 valence electrons. The minimum atomic E-state index is -1.11. The summed E-state index contributed by atoms with van der Waals surface area (Å²) < 4.78 is 45.0. The summed E-state index contributed by atoms with van der Waals surface area (Å²) in [5.41, 5.74) is 1.20. The van der Waals surface area contributed by atoms with Gasteiger partial charge in [-0.25, -0.2) is 13.2 Å². The van der Waals surface area contributed by atoms with E-state index in [2.05, 4.69) is 5.32 Å². The van der Waals surface area contributed by atoms with Crippen LogP contribution in [0.25, 0.3) is 10.9 Å². The molecule has 1 aromatic heterocycles. The molecule has 1 saturated carbocycles. The maximum atomic E-state index is 14.7. The van der Waals surface area contributed by atoms with Gasteiger partial charge in [0.25, 0.3) is 5.91 Å². The number of Topliss-reactive ketones (excluding diaryl/α,β-unsaturated/α-hetero) is 1. The Bertz CT molecular complexity index is 1170. The lowest BCUT2D eigenvalue weighted by atomic mass is 9.93. The monoisotopic (exact) mass is 442 g/mol. The molecule has 0 bridgehead atoms. The molecule has 1 heterocycles. The van der Waals surface area contributed by atoms with Gasteiger partial charge >= 0.3 is 0 Å². The number of carbonyl (C=O) groups is 2. The summed E-state index contributed by atoms with van der Waals surface area (Å²) in [6, 6.07) is 8.28. The summed E-state index contributed by atoms with van der Waals surface area (Å²) in [6.45, 7) is 1.85. The van der Waals surface area contributed by atoms with Gasteiger partial charge in [-0.2, -0.15) is 0 Å². The predicted molar refractivity (Wildman–Crippen MR) is 117 cm³/mol. The molecule has 1 fully saturated rings. The molecule has 4 rings (SSSR count). The molecule has 1 aliphatic carbocycles. The molecule has 1 N–H and O–H groups in total. The molecule has 7 heteroatoms. The smallest absolute Gasteiger partial charge is 0.253 e. The number of rotatable bonds is 6. The van der Waals surface area contributed by atoms with Crippen LogP contribution >= 0.6 is 0 Å². The van der Waals surface area contributed by atoms with Crippen molar-refractivity contribution in [1.82, 2.24) is 9.88 Å². The zero-order valence-electron chi connectivity index (χ0n) is 17.8. The summed E-state index contributed by atoms with van der Waals surface area (Å²) in [4.78, 5) is 24.8. The topological polar surface area (TPSA) is 51.1 Å². The van der Waals surface area contributed by atoms with Crippen molar-refractivity contribution in [3.63, 3.8) is 0 Å². The van der Waals surface area contributed by atoms with Crippen LogP contribution in [0.4, 0.5) is 13.2 Å². The largest absolute Gasteiger partial charge is 0.346 e. The van der Waals surface area contributed by atoms with E-state index in [9.17, 15) is 22.8 Å². The number of hydrogen-bond donors (Lipinski definition) is 1. The van der Waals surface area contributed by atoms with Crippen molar-refractivity contribution in [2.24, 2.45) is 0 Å². The van der Waals surface area contributed by atoms with Gasteiger partial charge in [0.1, 0.15) is 17.8 Å². The van der Waals surface area contributed by atoms with E-state index in [0.717, 1.165) is 12.8 Å². The zero-order valence-corrected chi connectivity index (χ0v) is 17.8. The first-order valence-electron chi connectivity index (χ1n) is 10.9. The van der Waals surface area contributed by atoms with Crippen LogP contribution in [0.3, 0.4) is 0 Å². The minimum absolute atomic E-state index is 0.0352. The molecule has 2 unspecified atom stereocenters. The first-order valence-corrected chi connectivity index (χ1v) is 10.9. The number of carbonyl (C=O) groups excluding carboxylic acids is 2. The predicted octanol–water partition coefficient (Wildman–Crippen LogP) is 5.57. The quantitative estimate of drug-likeness (QED) is 0.508. The Hall–Kier alpha value is -3.09. The van der Waals surface area contributed by atoms with E-state index in [1.807, 2.05) is 0 Å². The first kappa shape index (κ1) is 22.1. The van der Waals surface area contributed by atoms with Crippen LogP contribution in [-0.4, -0.2) is 28.5 Å². The molecule has 0 spiro atoms. The molecule has 1 amide bonds. The zero-order chi connectivity index (χ0) is 22.8. The van der Waals surface area contributed by atoms with Crippen molar-refractivity contribution < 1.29 is 22.8 Å². The van der Waals surface area contributed by atoms with Gasteiger partial charge < -0.3 is 9.88 Å². The lowest BCUT2D eigenvalue weighted by Gasteiger charge is -2.26. The number of aromatic nitrogens is 1. The number of halogens is 3. The Morgan fingerprint density at radius 3 is 2.56 bits per heavy atom. The van der Waals surface area contributed by atoms with Crippen molar-refractivity contribution in [1.29, 1.82) is 0 Å². The van der Waals surface area contributed by atoms with Crippen LogP contribution < -0.4 is 5.32 Å². The highest BCUT2D eigenvalue weighted by Crippen LogP contribution is 2.27. The van der Waals surface area contributed by atoms with Crippen LogP contribution in [0.15, 0.2) is 42.6 Å². The molecule has 0 saturated heterocycles. The summed E-state index contributed by atoms with van der Waals surface area (Å²) in [5, 5.41) is 2.87. The molecule has 32 heavy (non-hydrogen) atoms. The maximum Gasteiger partial charge on any atom is 0.253 e. The number of ketones is 1. The molecule has 3 aromatic rings. The number of nitrogens with zero attached hydrogens (tertiary/aromatic N) is 1. The third-order valence-corrected chi connectivity index (χ3v) is 6.11. The SMILES string of the molecule is CCC(=O)c1ccc(Cn2cc(C(=O)NC3CCCCC3F)c3c(F)cccc32)cc1F. The number of alkyl halides is 1. The van der Waals surface area contributed by atoms with Crippen LogP contribution in [-0.2, 0) is 6.54 Å². The van der Waals surface area contributed by atoms with E-state index in [1.165, 1.54) is 30.5 Å². The number of nitrogens with one attached hydrogen (secondary N) is 1. The molecular formula is C25H25F3N2O2. The fourth-order valence-corrected chi connectivity index (χ4v) is 4.38. The maximum absolute atomic E-state index is 14.7. The Labute approximate surface area is 184 Å². The number of amides is 1. The van der Waals surface area contributed by atoms with E-state index in [-0.39, 0.29) is 35.3 Å². The average molecular weight is 442 g/mol. The summed E-state index contributed by atoms with van der Waals surface area (Å²) in [5.74, 6) is -1.97. The molecule has 2 atom stereocenters. The Balaban J connectivity index is 1.66. The molecule has 0 radical (unpaired) electrons. The van der Waals surface area contributed by atoms with Gasteiger partial charge in [0.15, 0.2) is 5.78 Å². The van der Waals surface area contributed by atoms with E-state index >= 15 is 0 Å². The molecule has 4 nitrogen and oxygen atoms in total. The minimum Gasteiger partial charge on any atom is -0.346 e. The van der Waals surface area contributed by atoms with Crippen LogP contribution in [0.5, 0.6) is 0 Å². The third kappa shape index (κ3) is 4.29. The van der Waals surface area contributed by atoms with Crippen LogP contribution in [0.1, 0.15) is 65.3 Å². The second-order valence-electron chi connectivity index (χ2n) is 8.28. The van der Waals surface area contributed by atoms with Crippen LogP contribution in [0.2, 0.25) is 0 Å². The standard InChI is InChI=1S/C25H25F3N2O2/c1-2-23(31)16-11-10-15(12-20(16)28)13-30-14-17(24-19(27)7-5-9-22(24)30)25(32)29-21-8-4-3-6-18(21)26/h5,7,9-12,14,18,21H,2-4,6,8,13H2,1H3,(H,29,32). The Kier molecular flexibility index (Phi) is 6.35. The van der Waals surface area contributed by atoms with Crippen molar-refractivity contribution in [2.75, 3.05) is 0 Å². The second kappa shape index (κ2) is 9.18. The molecule has 1 aliphatic rings. The third-order valence-electron chi connectivity index (χ3n) is 6.11. The van der Waals surface area contributed by atoms with Gasteiger partial charge in [-0.15, -0.1) is 0 Å². The van der Waals surface area contributed by atoms with E-state index in [4.69, 9.17) is 0 Å². The van der Waals surface area contributed by atoms with Gasteiger partial charge in [0.2, 0.25) is 0 Å².